The third-order valence-corrected chi connectivity index (χ3v) is 4.49. The largest absolute Gasteiger partial charge is 0.302 e. The summed E-state index contributed by atoms with van der Waals surface area (Å²) in [5.41, 5.74) is 1.20. The van der Waals surface area contributed by atoms with E-state index in [1.807, 2.05) is 6.07 Å². The van der Waals surface area contributed by atoms with E-state index in [1.54, 1.807) is 0 Å². The average Bonchev–Trinajstić information content (AvgIpc) is 2.69. The molecule has 1 aliphatic heterocycles. The van der Waals surface area contributed by atoms with E-state index < -0.39 is 0 Å². The zero-order valence-electron chi connectivity index (χ0n) is 11.0. The van der Waals surface area contributed by atoms with Crippen LogP contribution in [0.25, 0.3) is 0 Å². The van der Waals surface area contributed by atoms with Gasteiger partial charge in [-0.15, -0.1) is 0 Å². The van der Waals surface area contributed by atoms with Crippen molar-refractivity contribution in [3.63, 3.8) is 0 Å². The molecule has 1 aliphatic rings. The maximum Gasteiger partial charge on any atom is 0.0462 e. The Morgan fingerprint density at radius 2 is 2.28 bits per heavy atom. The van der Waals surface area contributed by atoms with Crippen LogP contribution in [-0.2, 0) is 6.54 Å². The lowest BCUT2D eigenvalue weighted by atomic mass is 10.2. The van der Waals surface area contributed by atoms with Gasteiger partial charge in [-0.05, 0) is 51.2 Å². The monoisotopic (exact) mass is 330 g/mol. The molecule has 2 nitrogen and oxygen atoms in total. The third-order valence-electron chi connectivity index (χ3n) is 3.65. The predicted octanol–water partition coefficient (Wildman–Crippen LogP) is 3.63. The molecule has 0 radical (unpaired) electrons. The van der Waals surface area contributed by atoms with Crippen molar-refractivity contribution in [1.82, 2.24) is 9.80 Å². The van der Waals surface area contributed by atoms with E-state index >= 15 is 0 Å². The molecule has 1 aromatic rings. The van der Waals surface area contributed by atoms with Gasteiger partial charge in [0.15, 0.2) is 0 Å². The van der Waals surface area contributed by atoms with Crippen LogP contribution in [0.2, 0.25) is 5.02 Å². The summed E-state index contributed by atoms with van der Waals surface area (Å²) in [6.45, 7) is 3.26. The lowest BCUT2D eigenvalue weighted by Gasteiger charge is -2.26. The first-order chi connectivity index (χ1) is 8.56. The topological polar surface area (TPSA) is 6.48 Å². The molecule has 1 fully saturated rings. The van der Waals surface area contributed by atoms with Gasteiger partial charge in [0.1, 0.15) is 0 Å². The number of hydrogen-bond acceptors (Lipinski definition) is 2. The van der Waals surface area contributed by atoms with E-state index in [-0.39, 0.29) is 0 Å². The second-order valence-electron chi connectivity index (χ2n) is 5.21. The molecule has 1 atom stereocenters. The van der Waals surface area contributed by atoms with Crippen LogP contribution < -0.4 is 0 Å². The van der Waals surface area contributed by atoms with Crippen LogP contribution in [0.15, 0.2) is 22.7 Å². The van der Waals surface area contributed by atoms with Gasteiger partial charge in [-0.25, -0.2) is 0 Å². The SMILES string of the molecule is CN(Cc1ccc(Br)cc1Cl)CC1CCCN1C. The Kier molecular flexibility index (Phi) is 5.07. The van der Waals surface area contributed by atoms with Crippen LogP contribution in [0.1, 0.15) is 18.4 Å². The number of likely N-dealkylation sites (tertiary alicyclic amines) is 1. The van der Waals surface area contributed by atoms with E-state index in [2.05, 4.69) is 52.0 Å². The molecule has 2 rings (SSSR count). The molecule has 1 aromatic carbocycles. The van der Waals surface area contributed by atoms with E-state index in [4.69, 9.17) is 11.6 Å². The van der Waals surface area contributed by atoms with Crippen molar-refractivity contribution >= 4 is 27.5 Å². The summed E-state index contributed by atoms with van der Waals surface area (Å²) in [5, 5.41) is 0.844. The standard InChI is InChI=1S/C14H20BrClN2/c1-17(10-13-4-3-7-18(13)2)9-11-5-6-12(15)8-14(11)16/h5-6,8,13H,3-4,7,9-10H2,1-2H3. The quantitative estimate of drug-likeness (QED) is 0.831. The van der Waals surface area contributed by atoms with E-state index in [1.165, 1.54) is 24.9 Å². The van der Waals surface area contributed by atoms with Gasteiger partial charge in [-0.3, -0.25) is 0 Å². The van der Waals surface area contributed by atoms with Crippen molar-refractivity contribution in [1.29, 1.82) is 0 Å². The molecule has 0 N–H and O–H groups in total. The molecule has 1 heterocycles. The summed E-state index contributed by atoms with van der Waals surface area (Å²) in [6, 6.07) is 6.81. The van der Waals surface area contributed by atoms with Crippen LogP contribution in [0.5, 0.6) is 0 Å². The fourth-order valence-corrected chi connectivity index (χ4v) is 3.31. The molecule has 18 heavy (non-hydrogen) atoms. The maximum absolute atomic E-state index is 6.25. The fourth-order valence-electron chi connectivity index (χ4n) is 2.57. The zero-order valence-corrected chi connectivity index (χ0v) is 13.3. The summed E-state index contributed by atoms with van der Waals surface area (Å²) < 4.78 is 1.04. The van der Waals surface area contributed by atoms with Crippen LogP contribution in [-0.4, -0.2) is 43.0 Å². The highest BCUT2D eigenvalue weighted by molar-refractivity contribution is 9.10. The Morgan fingerprint density at radius 3 is 2.89 bits per heavy atom. The Labute approximate surface area is 123 Å². The number of halogens is 2. The van der Waals surface area contributed by atoms with E-state index in [0.717, 1.165) is 22.6 Å². The normalized spacial score (nSPS) is 20.8. The molecule has 4 heteroatoms. The minimum Gasteiger partial charge on any atom is -0.302 e. The molecule has 1 unspecified atom stereocenters. The first-order valence-electron chi connectivity index (χ1n) is 6.39. The third kappa shape index (κ3) is 3.70. The van der Waals surface area contributed by atoms with Crippen molar-refractivity contribution < 1.29 is 0 Å². The van der Waals surface area contributed by atoms with Gasteiger partial charge in [0, 0.05) is 28.6 Å². The summed E-state index contributed by atoms with van der Waals surface area (Å²) >= 11 is 9.69. The lowest BCUT2D eigenvalue weighted by molar-refractivity contribution is 0.215. The van der Waals surface area contributed by atoms with Crippen LogP contribution in [0.3, 0.4) is 0 Å². The summed E-state index contributed by atoms with van der Waals surface area (Å²) in [4.78, 5) is 4.82. The predicted molar refractivity (Wildman–Crippen MR) is 81.1 cm³/mol. The molecule has 0 bridgehead atoms. The number of nitrogens with zero attached hydrogens (tertiary/aromatic N) is 2. The van der Waals surface area contributed by atoms with E-state index in [9.17, 15) is 0 Å². The van der Waals surface area contributed by atoms with Gasteiger partial charge in [0.2, 0.25) is 0 Å². The van der Waals surface area contributed by atoms with E-state index in [0.29, 0.717) is 6.04 Å². The van der Waals surface area contributed by atoms with Crippen LogP contribution in [0.4, 0.5) is 0 Å². The number of likely N-dealkylation sites (N-methyl/N-ethyl adjacent to an activating group) is 2. The van der Waals surface area contributed by atoms with Crippen molar-refractivity contribution in [3.05, 3.63) is 33.3 Å². The van der Waals surface area contributed by atoms with Crippen molar-refractivity contribution in [2.24, 2.45) is 0 Å². The highest BCUT2D eigenvalue weighted by atomic mass is 79.9. The molecule has 100 valence electrons. The summed E-state index contributed by atoms with van der Waals surface area (Å²) in [6.07, 6.45) is 2.64. The highest BCUT2D eigenvalue weighted by Crippen LogP contribution is 2.23. The zero-order chi connectivity index (χ0) is 13.1. The maximum atomic E-state index is 6.25. The number of hydrogen-bond donors (Lipinski definition) is 0. The van der Waals surface area contributed by atoms with Crippen molar-refractivity contribution in [3.8, 4) is 0 Å². The van der Waals surface area contributed by atoms with Gasteiger partial charge in [-0.1, -0.05) is 33.6 Å². The molecule has 0 amide bonds. The first kappa shape index (κ1) is 14.3. The molecule has 0 saturated carbocycles. The van der Waals surface area contributed by atoms with Crippen molar-refractivity contribution in [2.75, 3.05) is 27.2 Å². The second-order valence-corrected chi connectivity index (χ2v) is 6.53. The average molecular weight is 332 g/mol. The first-order valence-corrected chi connectivity index (χ1v) is 7.56. The Bertz CT molecular complexity index is 411. The molecular weight excluding hydrogens is 312 g/mol. The van der Waals surface area contributed by atoms with Gasteiger partial charge in [0.25, 0.3) is 0 Å². The molecule has 0 aromatic heterocycles. The number of rotatable bonds is 4. The summed E-state index contributed by atoms with van der Waals surface area (Å²) in [5.74, 6) is 0. The van der Waals surface area contributed by atoms with Crippen molar-refractivity contribution in [2.45, 2.75) is 25.4 Å². The van der Waals surface area contributed by atoms with Crippen LogP contribution in [0, 0.1) is 0 Å². The number of benzene rings is 1. The van der Waals surface area contributed by atoms with Crippen LogP contribution >= 0.6 is 27.5 Å². The van der Waals surface area contributed by atoms with Gasteiger partial charge < -0.3 is 9.80 Å². The smallest absolute Gasteiger partial charge is 0.0462 e. The molecule has 0 spiro atoms. The van der Waals surface area contributed by atoms with Gasteiger partial charge in [0.05, 0.1) is 0 Å². The Morgan fingerprint density at radius 1 is 1.50 bits per heavy atom. The molecular formula is C14H20BrClN2. The molecule has 1 saturated heterocycles. The van der Waals surface area contributed by atoms with Gasteiger partial charge in [-0.2, -0.15) is 0 Å². The molecule has 0 aliphatic carbocycles. The fraction of sp³-hybridized carbons (Fsp3) is 0.571. The minimum absolute atomic E-state index is 0.698. The van der Waals surface area contributed by atoms with Gasteiger partial charge >= 0.3 is 0 Å². The lowest BCUT2D eigenvalue weighted by Crippen LogP contribution is -2.36. The second kappa shape index (κ2) is 6.38. The Balaban J connectivity index is 1.92. The minimum atomic E-state index is 0.698. The Hall–Kier alpha value is -0.0900. The highest BCUT2D eigenvalue weighted by Gasteiger charge is 2.22. The summed E-state index contributed by atoms with van der Waals surface area (Å²) in [7, 11) is 4.39.